The molecule has 0 aromatic rings. The third kappa shape index (κ3) is 5.59. The SMILES string of the molecule is CCCCCC(=O)N[C@H]1[C@H]([C@H](O)[C@H](O)CO)OC(O)(C(=O)O)C[C@@H]1O. The predicted octanol–water partition coefficient (Wildman–Crippen LogP) is -2.31. The van der Waals surface area contributed by atoms with E-state index >= 15 is 0 Å². The van der Waals surface area contributed by atoms with Gasteiger partial charge in [0.15, 0.2) is 0 Å². The van der Waals surface area contributed by atoms with Crippen molar-refractivity contribution in [2.45, 2.75) is 75.3 Å². The number of rotatable bonds is 9. The normalized spacial score (nSPS) is 32.0. The smallest absolute Gasteiger partial charge is 0.364 e. The van der Waals surface area contributed by atoms with Crippen molar-refractivity contribution in [3.63, 3.8) is 0 Å². The third-order valence-corrected chi connectivity index (χ3v) is 4.17. The summed E-state index contributed by atoms with van der Waals surface area (Å²) in [5.41, 5.74) is 0. The molecule has 1 heterocycles. The van der Waals surface area contributed by atoms with Crippen LogP contribution in [0.5, 0.6) is 0 Å². The minimum atomic E-state index is -2.79. The van der Waals surface area contributed by atoms with Crippen LogP contribution in [0.2, 0.25) is 0 Å². The number of carboxylic acids is 1. The highest BCUT2D eigenvalue weighted by Crippen LogP contribution is 2.30. The summed E-state index contributed by atoms with van der Waals surface area (Å²) in [4.78, 5) is 23.1. The summed E-state index contributed by atoms with van der Waals surface area (Å²) in [6, 6.07) is -1.26. The van der Waals surface area contributed by atoms with Crippen LogP contribution >= 0.6 is 0 Å². The average molecular weight is 365 g/mol. The lowest BCUT2D eigenvalue weighted by Crippen LogP contribution is -2.67. The molecule has 6 atom stereocenters. The number of nitrogens with one attached hydrogen (secondary N) is 1. The molecule has 1 aliphatic heterocycles. The maximum Gasteiger partial charge on any atom is 0.364 e. The first-order valence-electron chi connectivity index (χ1n) is 8.24. The molecule has 10 heteroatoms. The zero-order chi connectivity index (χ0) is 19.2. The second kappa shape index (κ2) is 9.41. The standard InChI is InChI=1S/C15H27NO9/c1-2-3-4-5-10(20)16-11-8(18)6-15(24,14(22)23)25-13(11)12(21)9(19)7-17/h8-9,11-13,17-19,21,24H,2-7H2,1H3,(H,16,20)(H,22,23)/t8-,9+,11+,12+,13+,15?/m0/s1. The van der Waals surface area contributed by atoms with Crippen LogP contribution in [0.3, 0.4) is 0 Å². The minimum Gasteiger partial charge on any atom is -0.477 e. The molecule has 0 aromatic carbocycles. The van der Waals surface area contributed by atoms with Crippen LogP contribution in [0.1, 0.15) is 39.0 Å². The van der Waals surface area contributed by atoms with Crippen LogP contribution in [0.15, 0.2) is 0 Å². The molecule has 7 N–H and O–H groups in total. The van der Waals surface area contributed by atoms with Gasteiger partial charge in [-0.05, 0) is 6.42 Å². The zero-order valence-corrected chi connectivity index (χ0v) is 14.0. The van der Waals surface area contributed by atoms with Crippen molar-refractivity contribution < 1.29 is 45.0 Å². The lowest BCUT2D eigenvalue weighted by Gasteiger charge is -2.44. The Kier molecular flexibility index (Phi) is 8.19. The van der Waals surface area contributed by atoms with Crippen molar-refractivity contribution >= 4 is 11.9 Å². The molecule has 146 valence electrons. The van der Waals surface area contributed by atoms with Gasteiger partial charge in [-0.1, -0.05) is 19.8 Å². The molecule has 1 unspecified atom stereocenters. The van der Waals surface area contributed by atoms with Gasteiger partial charge in [0, 0.05) is 12.8 Å². The van der Waals surface area contributed by atoms with Gasteiger partial charge >= 0.3 is 5.97 Å². The molecule has 0 saturated carbocycles. The van der Waals surface area contributed by atoms with Crippen molar-refractivity contribution in [2.75, 3.05) is 6.61 Å². The van der Waals surface area contributed by atoms with E-state index in [4.69, 9.17) is 14.9 Å². The van der Waals surface area contributed by atoms with E-state index in [-0.39, 0.29) is 6.42 Å². The number of ether oxygens (including phenoxy) is 1. The van der Waals surface area contributed by atoms with E-state index in [1.54, 1.807) is 0 Å². The van der Waals surface area contributed by atoms with E-state index in [0.29, 0.717) is 6.42 Å². The third-order valence-electron chi connectivity index (χ3n) is 4.17. The Bertz CT molecular complexity index is 460. The number of carbonyl (C=O) groups is 2. The Labute approximate surface area is 145 Å². The Morgan fingerprint density at radius 3 is 2.48 bits per heavy atom. The number of aliphatic carboxylic acids is 1. The average Bonchev–Trinajstić information content (AvgIpc) is 2.55. The largest absolute Gasteiger partial charge is 0.477 e. The zero-order valence-electron chi connectivity index (χ0n) is 14.0. The van der Waals surface area contributed by atoms with Crippen molar-refractivity contribution in [1.29, 1.82) is 0 Å². The Balaban J connectivity index is 2.94. The number of aliphatic hydroxyl groups is 5. The van der Waals surface area contributed by atoms with Gasteiger partial charge in [0.05, 0.1) is 18.8 Å². The van der Waals surface area contributed by atoms with Gasteiger partial charge in [-0.25, -0.2) is 4.79 Å². The summed E-state index contributed by atoms with van der Waals surface area (Å²) in [5, 5.41) is 60.3. The maximum absolute atomic E-state index is 12.0. The van der Waals surface area contributed by atoms with Crippen molar-refractivity contribution in [3.05, 3.63) is 0 Å². The number of aliphatic hydroxyl groups excluding tert-OH is 4. The van der Waals surface area contributed by atoms with Gasteiger partial charge in [-0.2, -0.15) is 0 Å². The second-order valence-corrected chi connectivity index (χ2v) is 6.23. The van der Waals surface area contributed by atoms with Crippen LogP contribution < -0.4 is 5.32 Å². The highest BCUT2D eigenvalue weighted by atomic mass is 16.7. The molecule has 10 nitrogen and oxygen atoms in total. The van der Waals surface area contributed by atoms with Crippen LogP contribution in [0, 0.1) is 0 Å². The fourth-order valence-electron chi connectivity index (χ4n) is 2.69. The van der Waals surface area contributed by atoms with Crippen LogP contribution in [-0.4, -0.2) is 85.4 Å². The number of carboxylic acid groups (broad SMARTS) is 1. The molecular formula is C15H27NO9. The first-order chi connectivity index (χ1) is 11.7. The van der Waals surface area contributed by atoms with Crippen molar-refractivity contribution in [1.82, 2.24) is 5.32 Å². The van der Waals surface area contributed by atoms with E-state index in [2.05, 4.69) is 5.32 Å². The van der Waals surface area contributed by atoms with Gasteiger partial charge in [0.25, 0.3) is 5.79 Å². The van der Waals surface area contributed by atoms with Gasteiger partial charge in [-0.3, -0.25) is 4.79 Å². The van der Waals surface area contributed by atoms with E-state index in [1.165, 1.54) is 0 Å². The summed E-state index contributed by atoms with van der Waals surface area (Å²) in [6.45, 7) is 1.10. The topological polar surface area (TPSA) is 177 Å². The lowest BCUT2D eigenvalue weighted by atomic mass is 9.88. The molecule has 0 spiro atoms. The lowest BCUT2D eigenvalue weighted by molar-refractivity contribution is -0.295. The predicted molar refractivity (Wildman–Crippen MR) is 83.3 cm³/mol. The van der Waals surface area contributed by atoms with E-state index in [0.717, 1.165) is 12.8 Å². The highest BCUT2D eigenvalue weighted by Gasteiger charge is 2.53. The number of amides is 1. The van der Waals surface area contributed by atoms with Crippen LogP contribution in [-0.2, 0) is 14.3 Å². The van der Waals surface area contributed by atoms with E-state index in [1.807, 2.05) is 6.92 Å². The summed E-state index contributed by atoms with van der Waals surface area (Å²) in [6.07, 6.45) is -4.98. The number of hydrogen-bond acceptors (Lipinski definition) is 8. The van der Waals surface area contributed by atoms with Gasteiger partial charge in [-0.15, -0.1) is 0 Å². The highest BCUT2D eigenvalue weighted by molar-refractivity contribution is 5.77. The van der Waals surface area contributed by atoms with E-state index < -0.39 is 61.1 Å². The molecule has 0 aromatic heterocycles. The molecule has 25 heavy (non-hydrogen) atoms. The van der Waals surface area contributed by atoms with Crippen molar-refractivity contribution in [3.8, 4) is 0 Å². The van der Waals surface area contributed by atoms with Crippen LogP contribution in [0.4, 0.5) is 0 Å². The van der Waals surface area contributed by atoms with Gasteiger partial charge in [0.1, 0.15) is 18.3 Å². The monoisotopic (exact) mass is 365 g/mol. The molecule has 0 aliphatic carbocycles. The quantitative estimate of drug-likeness (QED) is 0.221. The first kappa shape index (κ1) is 21.7. The number of carbonyl (C=O) groups excluding carboxylic acids is 1. The molecule has 1 rings (SSSR count). The molecule has 1 saturated heterocycles. The second-order valence-electron chi connectivity index (χ2n) is 6.23. The van der Waals surface area contributed by atoms with Crippen molar-refractivity contribution in [2.24, 2.45) is 0 Å². The summed E-state index contributed by atoms with van der Waals surface area (Å²) < 4.78 is 4.99. The number of hydrogen-bond donors (Lipinski definition) is 7. The molecule has 1 fully saturated rings. The molecule has 1 amide bonds. The van der Waals surface area contributed by atoms with Gasteiger partial charge < -0.3 is 40.7 Å². The molecule has 0 radical (unpaired) electrons. The van der Waals surface area contributed by atoms with Crippen LogP contribution in [0.25, 0.3) is 0 Å². The molecule has 1 aliphatic rings. The van der Waals surface area contributed by atoms with Gasteiger partial charge in [0.2, 0.25) is 5.91 Å². The Morgan fingerprint density at radius 1 is 1.32 bits per heavy atom. The fraction of sp³-hybridized carbons (Fsp3) is 0.867. The molecule has 0 bridgehead atoms. The Hall–Kier alpha value is -1.30. The van der Waals surface area contributed by atoms with E-state index in [9.17, 15) is 30.0 Å². The molecular weight excluding hydrogens is 338 g/mol. The number of unbranched alkanes of at least 4 members (excludes halogenated alkanes) is 2. The Morgan fingerprint density at radius 2 is 1.96 bits per heavy atom. The summed E-state index contributed by atoms with van der Waals surface area (Å²) in [5.74, 6) is -5.02. The maximum atomic E-state index is 12.0. The minimum absolute atomic E-state index is 0.158. The summed E-state index contributed by atoms with van der Waals surface area (Å²) in [7, 11) is 0. The summed E-state index contributed by atoms with van der Waals surface area (Å²) >= 11 is 0. The first-order valence-corrected chi connectivity index (χ1v) is 8.24. The fourth-order valence-corrected chi connectivity index (χ4v) is 2.69.